The number of hydrogen-bond donors (Lipinski definition) is 1. The minimum Gasteiger partial charge on any atom is -0.455 e. The van der Waals surface area contributed by atoms with Crippen molar-refractivity contribution in [3.63, 3.8) is 0 Å². The molecule has 0 aliphatic heterocycles. The molecule has 1 saturated carbocycles. The number of rotatable bonds is 4. The molecule has 0 heterocycles. The topological polar surface area (TPSA) is 55.4 Å². The average Bonchev–Trinajstić information content (AvgIpc) is 2.54. The van der Waals surface area contributed by atoms with Crippen molar-refractivity contribution in [1.29, 1.82) is 0 Å². The molecule has 0 radical (unpaired) electrons. The second-order valence-electron chi connectivity index (χ2n) is 7.58. The van der Waals surface area contributed by atoms with E-state index in [4.69, 9.17) is 4.74 Å². The molecule has 0 aromatic heterocycles. The van der Waals surface area contributed by atoms with Crippen LogP contribution in [0.3, 0.4) is 0 Å². The SMILES string of the molecule is CC(C)(C)C1CCC(C(=O)OCC(=O)Nc2ccc(I)cc2)CC1. The molecular weight excluding hydrogens is 417 g/mol. The number of nitrogens with one attached hydrogen (secondary N) is 1. The summed E-state index contributed by atoms with van der Waals surface area (Å²) in [4.78, 5) is 24.0. The van der Waals surface area contributed by atoms with Crippen LogP contribution in [0.4, 0.5) is 5.69 Å². The molecule has 1 aliphatic rings. The largest absolute Gasteiger partial charge is 0.455 e. The summed E-state index contributed by atoms with van der Waals surface area (Å²) >= 11 is 2.20. The fourth-order valence-electron chi connectivity index (χ4n) is 3.18. The van der Waals surface area contributed by atoms with Gasteiger partial charge in [0.1, 0.15) is 0 Å². The average molecular weight is 443 g/mol. The van der Waals surface area contributed by atoms with Gasteiger partial charge in [-0.15, -0.1) is 0 Å². The van der Waals surface area contributed by atoms with Crippen LogP contribution < -0.4 is 5.32 Å². The smallest absolute Gasteiger partial charge is 0.309 e. The third-order valence-corrected chi connectivity index (χ3v) is 5.48. The van der Waals surface area contributed by atoms with Gasteiger partial charge in [-0.05, 0) is 83.9 Å². The van der Waals surface area contributed by atoms with Gasteiger partial charge in [-0.1, -0.05) is 20.8 Å². The quantitative estimate of drug-likeness (QED) is 0.546. The van der Waals surface area contributed by atoms with Crippen molar-refractivity contribution in [2.45, 2.75) is 46.5 Å². The molecule has 1 aromatic rings. The van der Waals surface area contributed by atoms with Crippen molar-refractivity contribution in [1.82, 2.24) is 0 Å². The Kier molecular flexibility index (Phi) is 6.66. The maximum absolute atomic E-state index is 12.2. The fraction of sp³-hybridized carbons (Fsp3) is 0.579. The molecule has 24 heavy (non-hydrogen) atoms. The van der Waals surface area contributed by atoms with E-state index in [1.165, 1.54) is 0 Å². The number of hydrogen-bond acceptors (Lipinski definition) is 3. The number of halogens is 1. The van der Waals surface area contributed by atoms with Gasteiger partial charge in [0.15, 0.2) is 6.61 Å². The molecule has 1 aromatic carbocycles. The van der Waals surface area contributed by atoms with Gasteiger partial charge >= 0.3 is 5.97 Å². The Labute approximate surface area is 157 Å². The lowest BCUT2D eigenvalue weighted by Crippen LogP contribution is -2.31. The maximum Gasteiger partial charge on any atom is 0.309 e. The highest BCUT2D eigenvalue weighted by atomic mass is 127. The first-order valence-corrected chi connectivity index (χ1v) is 9.55. The molecule has 0 atom stereocenters. The number of amides is 1. The molecule has 1 amide bonds. The zero-order valence-corrected chi connectivity index (χ0v) is 16.8. The maximum atomic E-state index is 12.2. The van der Waals surface area contributed by atoms with Gasteiger partial charge in [-0.3, -0.25) is 9.59 Å². The lowest BCUT2D eigenvalue weighted by Gasteiger charge is -2.36. The number of carbonyl (C=O) groups excluding carboxylic acids is 2. The van der Waals surface area contributed by atoms with Crippen molar-refractivity contribution in [3.8, 4) is 0 Å². The van der Waals surface area contributed by atoms with Crippen LogP contribution in [-0.2, 0) is 14.3 Å². The minimum absolute atomic E-state index is 0.0605. The summed E-state index contributed by atoms with van der Waals surface area (Å²) in [6.07, 6.45) is 3.83. The minimum atomic E-state index is -0.298. The first-order chi connectivity index (χ1) is 11.3. The van der Waals surface area contributed by atoms with Crippen LogP contribution in [0.1, 0.15) is 46.5 Å². The molecule has 0 saturated heterocycles. The summed E-state index contributed by atoms with van der Waals surface area (Å²) in [5.74, 6) is 0.0634. The van der Waals surface area contributed by atoms with Crippen molar-refractivity contribution in [3.05, 3.63) is 27.8 Å². The van der Waals surface area contributed by atoms with Crippen LogP contribution in [0.15, 0.2) is 24.3 Å². The van der Waals surface area contributed by atoms with Crippen LogP contribution in [-0.4, -0.2) is 18.5 Å². The molecule has 0 unspecified atom stereocenters. The van der Waals surface area contributed by atoms with Gasteiger partial charge in [-0.2, -0.15) is 0 Å². The summed E-state index contributed by atoms with van der Waals surface area (Å²) in [6, 6.07) is 7.48. The number of anilines is 1. The third kappa shape index (κ3) is 5.76. The molecular formula is C19H26INO3. The van der Waals surface area contributed by atoms with E-state index < -0.39 is 0 Å². The van der Waals surface area contributed by atoms with Crippen molar-refractivity contribution in [2.75, 3.05) is 11.9 Å². The lowest BCUT2D eigenvalue weighted by molar-refractivity contribution is -0.153. The van der Waals surface area contributed by atoms with Crippen molar-refractivity contribution >= 4 is 40.2 Å². The summed E-state index contributed by atoms with van der Waals surface area (Å²) in [7, 11) is 0. The molecule has 4 nitrogen and oxygen atoms in total. The lowest BCUT2D eigenvalue weighted by atomic mass is 9.70. The highest BCUT2D eigenvalue weighted by molar-refractivity contribution is 14.1. The Morgan fingerprint density at radius 3 is 2.25 bits per heavy atom. The van der Waals surface area contributed by atoms with E-state index in [0.29, 0.717) is 17.0 Å². The highest BCUT2D eigenvalue weighted by Crippen LogP contribution is 2.40. The summed E-state index contributed by atoms with van der Waals surface area (Å²) in [6.45, 7) is 6.55. The summed E-state index contributed by atoms with van der Waals surface area (Å²) in [5.41, 5.74) is 1.00. The Morgan fingerprint density at radius 1 is 1.12 bits per heavy atom. The van der Waals surface area contributed by atoms with E-state index in [-0.39, 0.29) is 24.4 Å². The predicted molar refractivity (Wildman–Crippen MR) is 104 cm³/mol. The van der Waals surface area contributed by atoms with E-state index in [1.54, 1.807) is 0 Å². The second-order valence-corrected chi connectivity index (χ2v) is 8.82. The molecule has 0 bridgehead atoms. The van der Waals surface area contributed by atoms with Crippen LogP contribution in [0.2, 0.25) is 0 Å². The van der Waals surface area contributed by atoms with E-state index >= 15 is 0 Å². The van der Waals surface area contributed by atoms with E-state index in [2.05, 4.69) is 48.7 Å². The fourth-order valence-corrected chi connectivity index (χ4v) is 3.54. The van der Waals surface area contributed by atoms with E-state index in [0.717, 1.165) is 29.3 Å². The van der Waals surface area contributed by atoms with Crippen molar-refractivity contribution in [2.24, 2.45) is 17.3 Å². The first-order valence-electron chi connectivity index (χ1n) is 8.48. The Hall–Kier alpha value is -1.11. The predicted octanol–water partition coefficient (Wildman–Crippen LogP) is 4.63. The third-order valence-electron chi connectivity index (χ3n) is 4.76. The van der Waals surface area contributed by atoms with Crippen LogP contribution in [0.25, 0.3) is 0 Å². The van der Waals surface area contributed by atoms with Gasteiger partial charge in [0.2, 0.25) is 0 Å². The van der Waals surface area contributed by atoms with Gasteiger partial charge in [0, 0.05) is 9.26 Å². The summed E-state index contributed by atoms with van der Waals surface area (Å²) < 4.78 is 6.31. The number of carbonyl (C=O) groups is 2. The Balaban J connectivity index is 1.73. The molecule has 5 heteroatoms. The Morgan fingerprint density at radius 2 is 1.71 bits per heavy atom. The zero-order chi connectivity index (χ0) is 17.7. The van der Waals surface area contributed by atoms with Gasteiger partial charge in [-0.25, -0.2) is 0 Å². The first kappa shape index (κ1) is 19.2. The van der Waals surface area contributed by atoms with Gasteiger partial charge in [0.25, 0.3) is 5.91 Å². The number of benzene rings is 1. The normalized spacial score (nSPS) is 21.2. The second kappa shape index (κ2) is 8.32. The van der Waals surface area contributed by atoms with Crippen LogP contribution >= 0.6 is 22.6 Å². The number of esters is 1. The molecule has 1 N–H and O–H groups in total. The van der Waals surface area contributed by atoms with Crippen LogP contribution in [0, 0.1) is 20.8 Å². The number of ether oxygens (including phenoxy) is 1. The zero-order valence-electron chi connectivity index (χ0n) is 14.6. The molecule has 1 aliphatic carbocycles. The monoisotopic (exact) mass is 443 g/mol. The van der Waals surface area contributed by atoms with E-state index in [9.17, 15) is 9.59 Å². The highest BCUT2D eigenvalue weighted by Gasteiger charge is 2.33. The van der Waals surface area contributed by atoms with Gasteiger partial charge < -0.3 is 10.1 Å². The molecule has 0 spiro atoms. The Bertz CT molecular complexity index is 569. The molecule has 132 valence electrons. The summed E-state index contributed by atoms with van der Waals surface area (Å²) in [5, 5.41) is 2.73. The van der Waals surface area contributed by atoms with Crippen molar-refractivity contribution < 1.29 is 14.3 Å². The standard InChI is InChI=1S/C19H26INO3/c1-19(2,3)14-6-4-13(5-7-14)18(23)24-12-17(22)21-16-10-8-15(20)9-11-16/h8-11,13-14H,4-7,12H2,1-3H3,(H,21,22). The van der Waals surface area contributed by atoms with E-state index in [1.807, 2.05) is 24.3 Å². The molecule has 1 fully saturated rings. The molecule has 2 rings (SSSR count). The van der Waals surface area contributed by atoms with Gasteiger partial charge in [0.05, 0.1) is 5.92 Å². The van der Waals surface area contributed by atoms with Crippen LogP contribution in [0.5, 0.6) is 0 Å².